The summed E-state index contributed by atoms with van der Waals surface area (Å²) in [7, 11) is 0. The second-order valence-electron chi connectivity index (χ2n) is 3.91. The maximum Gasteiger partial charge on any atom is 0.271 e. The van der Waals surface area contributed by atoms with Crippen molar-refractivity contribution in [3.8, 4) is 0 Å². The third kappa shape index (κ3) is 4.48. The summed E-state index contributed by atoms with van der Waals surface area (Å²) in [6.45, 7) is -1.84. The fraction of sp³-hybridized carbons (Fsp3) is 0.364. The van der Waals surface area contributed by atoms with Gasteiger partial charge in [-0.2, -0.15) is 0 Å². The number of carbonyl (C=O) groups is 1. The Morgan fingerprint density at radius 2 is 2.05 bits per heavy atom. The van der Waals surface area contributed by atoms with Gasteiger partial charge in [0.2, 0.25) is 0 Å². The van der Waals surface area contributed by atoms with Gasteiger partial charge in [-0.1, -0.05) is 23.2 Å². The highest BCUT2D eigenvalue weighted by atomic mass is 35.5. The van der Waals surface area contributed by atoms with E-state index in [1.807, 2.05) is 0 Å². The molecule has 0 saturated carbocycles. The molecule has 0 aliphatic carbocycles. The molecule has 0 radical (unpaired) electrons. The highest BCUT2D eigenvalue weighted by molar-refractivity contribution is 6.44. The van der Waals surface area contributed by atoms with E-state index in [0.717, 1.165) is 12.1 Å². The molecule has 116 valence electrons. The minimum Gasteiger partial charge on any atom is -0.395 e. The number of aliphatic hydroxyl groups excluding tert-OH is 1. The highest BCUT2D eigenvalue weighted by Crippen LogP contribution is 2.31. The van der Waals surface area contributed by atoms with E-state index < -0.39 is 36.1 Å². The summed E-state index contributed by atoms with van der Waals surface area (Å²) in [5, 5.41) is 19.0. The van der Waals surface area contributed by atoms with Crippen LogP contribution in [0.4, 0.5) is 14.5 Å². The molecule has 21 heavy (non-hydrogen) atoms. The van der Waals surface area contributed by atoms with Gasteiger partial charge in [-0.15, -0.1) is 0 Å². The summed E-state index contributed by atoms with van der Waals surface area (Å²) in [6.07, 6.45) is -2.83. The molecule has 0 aliphatic heterocycles. The van der Waals surface area contributed by atoms with Gasteiger partial charge in [0.1, 0.15) is 0 Å². The molecular weight excluding hydrogens is 333 g/mol. The van der Waals surface area contributed by atoms with Gasteiger partial charge in [0.25, 0.3) is 18.0 Å². The lowest BCUT2D eigenvalue weighted by Gasteiger charge is -2.21. The number of aliphatic hydroxyl groups is 1. The number of nitro benzene ring substituents is 1. The third-order valence-corrected chi connectivity index (χ3v) is 3.27. The predicted octanol–water partition coefficient (Wildman–Crippen LogP) is 2.60. The largest absolute Gasteiger partial charge is 0.395 e. The van der Waals surface area contributed by atoms with Crippen molar-refractivity contribution in [1.29, 1.82) is 0 Å². The first-order valence-corrected chi connectivity index (χ1v) is 6.35. The standard InChI is InChI=1S/C11H10Cl2F2N2O4/c12-8-4-6(17(20)21)3-7(10(8)13)11(19)16(1-2-18)5-9(14)15/h3-4,9,18H,1-2,5H2. The van der Waals surface area contributed by atoms with Crippen LogP contribution >= 0.6 is 23.2 Å². The molecule has 0 aliphatic rings. The number of halogens is 4. The highest BCUT2D eigenvalue weighted by Gasteiger charge is 2.25. The quantitative estimate of drug-likeness (QED) is 0.636. The molecule has 1 rings (SSSR count). The number of nitro groups is 1. The third-order valence-electron chi connectivity index (χ3n) is 2.47. The van der Waals surface area contributed by atoms with Crippen LogP contribution in [0.15, 0.2) is 12.1 Å². The smallest absolute Gasteiger partial charge is 0.271 e. The number of nitrogens with zero attached hydrogens (tertiary/aromatic N) is 2. The predicted molar refractivity (Wildman–Crippen MR) is 72.1 cm³/mol. The van der Waals surface area contributed by atoms with Crippen molar-refractivity contribution in [2.45, 2.75) is 6.43 Å². The molecule has 10 heteroatoms. The number of rotatable bonds is 6. The van der Waals surface area contributed by atoms with Crippen molar-refractivity contribution in [3.05, 3.63) is 37.9 Å². The van der Waals surface area contributed by atoms with E-state index in [9.17, 15) is 23.7 Å². The van der Waals surface area contributed by atoms with Gasteiger partial charge in [-0.05, 0) is 0 Å². The lowest BCUT2D eigenvalue weighted by molar-refractivity contribution is -0.384. The molecule has 0 fully saturated rings. The first-order valence-electron chi connectivity index (χ1n) is 5.59. The summed E-state index contributed by atoms with van der Waals surface area (Å²) in [5.41, 5.74) is -0.862. The monoisotopic (exact) mass is 342 g/mol. The molecule has 1 amide bonds. The molecular formula is C11H10Cl2F2N2O4. The van der Waals surface area contributed by atoms with Crippen molar-refractivity contribution in [1.82, 2.24) is 4.90 Å². The lowest BCUT2D eigenvalue weighted by Crippen LogP contribution is -2.37. The molecule has 1 aromatic carbocycles. The van der Waals surface area contributed by atoms with Gasteiger partial charge in [0.05, 0.1) is 33.7 Å². The van der Waals surface area contributed by atoms with Crippen LogP contribution < -0.4 is 0 Å². The summed E-state index contributed by atoms with van der Waals surface area (Å²) >= 11 is 11.5. The van der Waals surface area contributed by atoms with E-state index >= 15 is 0 Å². The maximum atomic E-state index is 12.4. The fourth-order valence-electron chi connectivity index (χ4n) is 1.57. The number of alkyl halides is 2. The van der Waals surface area contributed by atoms with E-state index in [0.29, 0.717) is 4.90 Å². The Labute approximate surface area is 128 Å². The minimum absolute atomic E-state index is 0.241. The molecule has 0 saturated heterocycles. The van der Waals surface area contributed by atoms with E-state index in [1.54, 1.807) is 0 Å². The average Bonchev–Trinajstić information content (AvgIpc) is 2.39. The van der Waals surface area contributed by atoms with Crippen LogP contribution in [0.25, 0.3) is 0 Å². The zero-order valence-electron chi connectivity index (χ0n) is 10.4. The second-order valence-corrected chi connectivity index (χ2v) is 4.70. The topological polar surface area (TPSA) is 83.7 Å². The zero-order valence-corrected chi connectivity index (χ0v) is 11.9. The number of hydrogen-bond acceptors (Lipinski definition) is 4. The van der Waals surface area contributed by atoms with E-state index in [1.165, 1.54) is 0 Å². The van der Waals surface area contributed by atoms with Crippen LogP contribution in [0.3, 0.4) is 0 Å². The number of benzene rings is 1. The maximum absolute atomic E-state index is 12.4. The average molecular weight is 343 g/mol. The van der Waals surface area contributed by atoms with Gasteiger partial charge < -0.3 is 10.0 Å². The van der Waals surface area contributed by atoms with E-state index in [4.69, 9.17) is 28.3 Å². The molecule has 1 N–H and O–H groups in total. The summed E-state index contributed by atoms with van der Waals surface area (Å²) < 4.78 is 24.9. The first kappa shape index (κ1) is 17.5. The number of carbonyl (C=O) groups excluding carboxylic acids is 1. The minimum atomic E-state index is -2.83. The Hall–Kier alpha value is -1.51. The number of non-ortho nitro benzene ring substituents is 1. The summed E-state index contributed by atoms with van der Waals surface area (Å²) in [4.78, 5) is 22.7. The van der Waals surface area contributed by atoms with Crippen molar-refractivity contribution in [3.63, 3.8) is 0 Å². The van der Waals surface area contributed by atoms with E-state index in [2.05, 4.69) is 0 Å². The molecule has 6 nitrogen and oxygen atoms in total. The van der Waals surface area contributed by atoms with Crippen molar-refractivity contribution in [2.75, 3.05) is 19.7 Å². The van der Waals surface area contributed by atoms with Crippen LogP contribution in [0.1, 0.15) is 10.4 Å². The van der Waals surface area contributed by atoms with Gasteiger partial charge in [0, 0.05) is 18.7 Å². The van der Waals surface area contributed by atoms with E-state index in [-0.39, 0.29) is 22.2 Å². The van der Waals surface area contributed by atoms with Gasteiger partial charge in [-0.3, -0.25) is 14.9 Å². The molecule has 0 heterocycles. The van der Waals surface area contributed by atoms with Crippen LogP contribution in [0.2, 0.25) is 10.0 Å². The Kier molecular flexibility index (Phi) is 6.25. The SMILES string of the molecule is O=C(c1cc([N+](=O)[O-])cc(Cl)c1Cl)N(CCO)CC(F)F. The van der Waals surface area contributed by atoms with Crippen molar-refractivity contribution < 1.29 is 23.6 Å². The van der Waals surface area contributed by atoms with Gasteiger partial charge >= 0.3 is 0 Å². The first-order chi connectivity index (χ1) is 9.77. The van der Waals surface area contributed by atoms with Crippen LogP contribution in [0, 0.1) is 10.1 Å². The fourth-order valence-corrected chi connectivity index (χ4v) is 1.97. The number of amides is 1. The molecule has 1 aromatic rings. The Morgan fingerprint density at radius 3 is 2.52 bits per heavy atom. The molecule has 0 bridgehead atoms. The van der Waals surface area contributed by atoms with Crippen LogP contribution in [-0.2, 0) is 0 Å². The van der Waals surface area contributed by atoms with Crippen molar-refractivity contribution in [2.24, 2.45) is 0 Å². The Balaban J connectivity index is 3.23. The van der Waals surface area contributed by atoms with Gasteiger partial charge in [-0.25, -0.2) is 8.78 Å². The Bertz CT molecular complexity index is 557. The second kappa shape index (κ2) is 7.48. The van der Waals surface area contributed by atoms with Crippen molar-refractivity contribution >= 4 is 34.8 Å². The summed E-state index contributed by atoms with van der Waals surface area (Å²) in [6, 6.07) is 1.80. The Morgan fingerprint density at radius 1 is 1.43 bits per heavy atom. The molecule has 0 spiro atoms. The molecule has 0 aromatic heterocycles. The normalized spacial score (nSPS) is 10.8. The molecule has 0 unspecified atom stereocenters. The number of hydrogen-bond donors (Lipinski definition) is 1. The zero-order chi connectivity index (χ0) is 16.2. The lowest BCUT2D eigenvalue weighted by atomic mass is 10.1. The summed E-state index contributed by atoms with van der Waals surface area (Å²) in [5.74, 6) is -0.972. The molecule has 0 atom stereocenters. The van der Waals surface area contributed by atoms with Crippen LogP contribution in [0.5, 0.6) is 0 Å². The van der Waals surface area contributed by atoms with Gasteiger partial charge in [0.15, 0.2) is 0 Å². The van der Waals surface area contributed by atoms with Crippen LogP contribution in [-0.4, -0.2) is 47.0 Å².